The monoisotopic (exact) mass is 420 g/mol. The molecular formula is C19H20N2O5S2. The number of benzene rings is 1. The van der Waals surface area contributed by atoms with E-state index in [9.17, 15) is 19.5 Å². The number of fused-ring (bicyclic) bond motifs is 1. The number of rotatable bonds is 6. The van der Waals surface area contributed by atoms with Crippen molar-refractivity contribution >= 4 is 41.3 Å². The first kappa shape index (κ1) is 19.2. The number of β-lactam (4-membered cyclic amide) rings is 1. The zero-order valence-electron chi connectivity index (χ0n) is 15.0. The summed E-state index contributed by atoms with van der Waals surface area (Å²) in [7, 11) is 0. The van der Waals surface area contributed by atoms with Crippen molar-refractivity contribution < 1.29 is 24.2 Å². The summed E-state index contributed by atoms with van der Waals surface area (Å²) in [6, 6.07) is 8.23. The Bertz CT molecular complexity index is 823. The van der Waals surface area contributed by atoms with E-state index in [0.717, 1.165) is 24.2 Å². The second-order valence-electron chi connectivity index (χ2n) is 6.74. The number of carboxylic acids is 1. The third-order valence-electron chi connectivity index (χ3n) is 4.95. The van der Waals surface area contributed by atoms with Gasteiger partial charge < -0.3 is 15.2 Å². The molecule has 148 valence electrons. The molecule has 1 aromatic rings. The van der Waals surface area contributed by atoms with Crippen molar-refractivity contribution in [1.29, 1.82) is 0 Å². The van der Waals surface area contributed by atoms with Crippen LogP contribution in [0.15, 0.2) is 41.6 Å². The normalized spacial score (nSPS) is 26.5. The number of nitrogens with one attached hydrogen (secondary N) is 1. The van der Waals surface area contributed by atoms with Crippen molar-refractivity contribution in [3.8, 4) is 5.75 Å². The van der Waals surface area contributed by atoms with Gasteiger partial charge in [0.2, 0.25) is 0 Å². The van der Waals surface area contributed by atoms with E-state index < -0.39 is 17.9 Å². The molecule has 7 nitrogen and oxygen atoms in total. The molecule has 4 rings (SSSR count). The molecule has 0 aromatic heterocycles. The van der Waals surface area contributed by atoms with Gasteiger partial charge in [-0.25, -0.2) is 4.79 Å². The molecule has 2 N–H and O–H groups in total. The van der Waals surface area contributed by atoms with E-state index in [-0.39, 0.29) is 28.8 Å². The van der Waals surface area contributed by atoms with Gasteiger partial charge in [0.1, 0.15) is 22.9 Å². The molecule has 2 fully saturated rings. The predicted molar refractivity (Wildman–Crippen MR) is 107 cm³/mol. The molecule has 2 saturated heterocycles. The molecular weight excluding hydrogens is 400 g/mol. The first-order valence-corrected chi connectivity index (χ1v) is 11.2. The van der Waals surface area contributed by atoms with Crippen molar-refractivity contribution in [2.45, 2.75) is 29.5 Å². The lowest BCUT2D eigenvalue weighted by Gasteiger charge is -2.50. The molecule has 0 spiro atoms. The Balaban J connectivity index is 1.41. The number of nitrogens with zero attached hydrogens (tertiary/aromatic N) is 1. The zero-order chi connectivity index (χ0) is 19.7. The number of carbonyl (C=O) groups excluding carboxylic acids is 2. The van der Waals surface area contributed by atoms with Crippen LogP contribution in [-0.2, 0) is 14.4 Å². The SMILES string of the molecule is O=C(COc1ccccc1)N[C@@H]1C(=O)N2C(C(=O)O)=C(C3CCCS3)CS[C@H]12. The summed E-state index contributed by atoms with van der Waals surface area (Å²) in [5.41, 5.74) is 0.945. The Kier molecular flexibility index (Phi) is 5.54. The van der Waals surface area contributed by atoms with Crippen molar-refractivity contribution in [3.05, 3.63) is 41.6 Å². The maximum absolute atomic E-state index is 12.6. The standard InChI is InChI=1S/C19H20N2O5S2/c22-14(9-26-11-5-2-1-3-6-11)20-15-17(23)21-16(19(24)25)12(10-28-18(15)21)13-7-4-8-27-13/h1-3,5-6,13,15,18H,4,7-10H2,(H,20,22)(H,24,25)/t13?,15-,18-/m1/s1. The minimum atomic E-state index is -1.07. The van der Waals surface area contributed by atoms with Crippen LogP contribution in [0.5, 0.6) is 5.75 Å². The topological polar surface area (TPSA) is 95.9 Å². The van der Waals surface area contributed by atoms with Crippen LogP contribution in [0.3, 0.4) is 0 Å². The molecule has 0 aliphatic carbocycles. The van der Waals surface area contributed by atoms with Crippen LogP contribution >= 0.6 is 23.5 Å². The highest BCUT2D eigenvalue weighted by Crippen LogP contribution is 2.45. The van der Waals surface area contributed by atoms with Crippen molar-refractivity contribution in [3.63, 3.8) is 0 Å². The summed E-state index contributed by atoms with van der Waals surface area (Å²) >= 11 is 3.27. The number of para-hydroxylation sites is 1. The molecule has 2 amide bonds. The van der Waals surface area contributed by atoms with Crippen LogP contribution in [-0.4, -0.2) is 62.6 Å². The Morgan fingerprint density at radius 2 is 2.04 bits per heavy atom. The summed E-state index contributed by atoms with van der Waals surface area (Å²) < 4.78 is 5.40. The number of carbonyl (C=O) groups is 3. The lowest BCUT2D eigenvalue weighted by Crippen LogP contribution is -2.71. The van der Waals surface area contributed by atoms with Gasteiger partial charge in [-0.1, -0.05) is 18.2 Å². The Morgan fingerprint density at radius 3 is 2.71 bits per heavy atom. The van der Waals surface area contributed by atoms with Gasteiger partial charge in [0.05, 0.1) is 0 Å². The van der Waals surface area contributed by atoms with E-state index in [1.807, 2.05) is 6.07 Å². The number of aliphatic carboxylic acids is 1. The van der Waals surface area contributed by atoms with Crippen molar-refractivity contribution in [2.24, 2.45) is 0 Å². The van der Waals surface area contributed by atoms with Crippen LogP contribution < -0.4 is 10.1 Å². The van der Waals surface area contributed by atoms with E-state index in [4.69, 9.17) is 4.74 Å². The highest BCUT2D eigenvalue weighted by Gasteiger charge is 2.54. The molecule has 28 heavy (non-hydrogen) atoms. The van der Waals surface area contributed by atoms with E-state index in [1.54, 1.807) is 36.0 Å². The summed E-state index contributed by atoms with van der Waals surface area (Å²) in [5.74, 6) is 0.312. The van der Waals surface area contributed by atoms with Crippen molar-refractivity contribution in [1.82, 2.24) is 10.2 Å². The van der Waals surface area contributed by atoms with Gasteiger partial charge in [-0.05, 0) is 36.3 Å². The van der Waals surface area contributed by atoms with Crippen LogP contribution in [0.4, 0.5) is 0 Å². The zero-order valence-corrected chi connectivity index (χ0v) is 16.6. The molecule has 1 unspecified atom stereocenters. The Morgan fingerprint density at radius 1 is 1.25 bits per heavy atom. The number of amides is 2. The summed E-state index contributed by atoms with van der Waals surface area (Å²) in [5, 5.41) is 12.2. The summed E-state index contributed by atoms with van der Waals surface area (Å²) in [6.45, 7) is -0.198. The molecule has 3 atom stereocenters. The third-order valence-corrected chi connectivity index (χ3v) is 7.70. The molecule has 1 aromatic carbocycles. The van der Waals surface area contributed by atoms with Crippen LogP contribution in [0, 0.1) is 0 Å². The Hall–Kier alpha value is -2.13. The first-order valence-electron chi connectivity index (χ1n) is 9.06. The van der Waals surface area contributed by atoms with Gasteiger partial charge in [-0.3, -0.25) is 14.5 Å². The average Bonchev–Trinajstić information content (AvgIpc) is 3.24. The smallest absolute Gasteiger partial charge is 0.352 e. The van der Waals surface area contributed by atoms with Crippen LogP contribution in [0.2, 0.25) is 0 Å². The largest absolute Gasteiger partial charge is 0.484 e. The van der Waals surface area contributed by atoms with E-state index in [0.29, 0.717) is 11.5 Å². The maximum atomic E-state index is 12.6. The van der Waals surface area contributed by atoms with Crippen LogP contribution in [0.1, 0.15) is 12.8 Å². The first-order chi connectivity index (χ1) is 13.6. The van der Waals surface area contributed by atoms with Gasteiger partial charge in [0, 0.05) is 11.0 Å². The number of hydrogen-bond donors (Lipinski definition) is 2. The molecule has 3 aliphatic heterocycles. The predicted octanol–water partition coefficient (Wildman–Crippen LogP) is 1.70. The van der Waals surface area contributed by atoms with Gasteiger partial charge in [0.15, 0.2) is 6.61 Å². The number of carboxylic acid groups (broad SMARTS) is 1. The number of ether oxygens (including phenoxy) is 1. The highest BCUT2D eigenvalue weighted by molar-refractivity contribution is 8.01. The fourth-order valence-corrected chi connectivity index (χ4v) is 6.50. The number of hydrogen-bond acceptors (Lipinski definition) is 6. The summed E-state index contributed by atoms with van der Waals surface area (Å²) in [4.78, 5) is 38.0. The minimum absolute atomic E-state index is 0.110. The molecule has 9 heteroatoms. The highest BCUT2D eigenvalue weighted by atomic mass is 32.2. The molecule has 0 bridgehead atoms. The Labute approximate surface area is 170 Å². The molecule has 3 heterocycles. The van der Waals surface area contributed by atoms with Gasteiger partial charge >= 0.3 is 5.97 Å². The second kappa shape index (κ2) is 8.08. The molecule has 0 radical (unpaired) electrons. The third kappa shape index (κ3) is 3.60. The van der Waals surface area contributed by atoms with Gasteiger partial charge in [-0.2, -0.15) is 11.8 Å². The quantitative estimate of drug-likeness (QED) is 0.676. The summed E-state index contributed by atoms with van der Waals surface area (Å²) in [6.07, 6.45) is 2.01. The van der Waals surface area contributed by atoms with Crippen LogP contribution in [0.25, 0.3) is 0 Å². The van der Waals surface area contributed by atoms with E-state index in [1.165, 1.54) is 16.7 Å². The molecule has 3 aliphatic rings. The fraction of sp³-hybridized carbons (Fsp3) is 0.421. The van der Waals surface area contributed by atoms with E-state index in [2.05, 4.69) is 5.32 Å². The van der Waals surface area contributed by atoms with Gasteiger partial charge in [-0.15, -0.1) is 11.8 Å². The average molecular weight is 421 g/mol. The maximum Gasteiger partial charge on any atom is 0.352 e. The number of thioether (sulfide) groups is 2. The lowest BCUT2D eigenvalue weighted by molar-refractivity contribution is -0.151. The van der Waals surface area contributed by atoms with Gasteiger partial charge in [0.25, 0.3) is 11.8 Å². The van der Waals surface area contributed by atoms with E-state index >= 15 is 0 Å². The van der Waals surface area contributed by atoms with Crippen molar-refractivity contribution in [2.75, 3.05) is 18.1 Å². The lowest BCUT2D eigenvalue weighted by atomic mass is 10.00. The fourth-order valence-electron chi connectivity index (χ4n) is 3.62. The molecule has 0 saturated carbocycles. The second-order valence-corrected chi connectivity index (χ2v) is 9.15. The minimum Gasteiger partial charge on any atom is -0.484 e.